The molecule has 5 nitrogen and oxygen atoms in total. The molecule has 5 heteroatoms. The summed E-state index contributed by atoms with van der Waals surface area (Å²) in [4.78, 5) is 19.7. The molecule has 1 aliphatic carbocycles. The molecular weight excluding hydrogens is 338 g/mol. The van der Waals surface area contributed by atoms with Crippen LogP contribution in [0.3, 0.4) is 0 Å². The fraction of sp³-hybridized carbons (Fsp3) is 0.591. The molecule has 0 radical (unpaired) electrons. The van der Waals surface area contributed by atoms with Crippen LogP contribution in [0.4, 0.5) is 0 Å². The Hall–Kier alpha value is -1.85. The number of ether oxygens (including phenoxy) is 1. The first-order valence-corrected chi connectivity index (χ1v) is 10.3. The van der Waals surface area contributed by atoms with Gasteiger partial charge in [0.2, 0.25) is 0 Å². The maximum atomic E-state index is 13.4. The molecule has 3 fully saturated rings. The third kappa shape index (κ3) is 2.34. The summed E-state index contributed by atoms with van der Waals surface area (Å²) in [6.07, 6.45) is 4.26. The molecule has 0 spiro atoms. The zero-order valence-corrected chi connectivity index (χ0v) is 16.3. The third-order valence-electron chi connectivity index (χ3n) is 7.31. The predicted octanol–water partition coefficient (Wildman–Crippen LogP) is 2.45. The summed E-state index contributed by atoms with van der Waals surface area (Å²) in [7, 11) is 3.57. The average molecular weight is 367 g/mol. The summed E-state index contributed by atoms with van der Waals surface area (Å²) in [5.41, 5.74) is 3.06. The van der Waals surface area contributed by atoms with Gasteiger partial charge in [0, 0.05) is 35.7 Å². The lowest BCUT2D eigenvalue weighted by Gasteiger charge is -2.58. The average Bonchev–Trinajstić information content (AvgIpc) is 3.04. The minimum atomic E-state index is -0.556. The number of carbonyl (C=O) groups excluding carboxylic acids is 1. The molecule has 4 heterocycles. The van der Waals surface area contributed by atoms with Gasteiger partial charge in [-0.3, -0.25) is 9.69 Å². The Morgan fingerprint density at radius 2 is 2.26 bits per heavy atom. The van der Waals surface area contributed by atoms with Gasteiger partial charge in [-0.05, 0) is 62.7 Å². The van der Waals surface area contributed by atoms with Crippen molar-refractivity contribution in [2.24, 2.45) is 11.8 Å². The molecule has 3 aliphatic heterocycles. The van der Waals surface area contributed by atoms with Crippen LogP contribution in [0.25, 0.3) is 10.9 Å². The van der Waals surface area contributed by atoms with Crippen LogP contribution in [-0.2, 0) is 21.4 Å². The molecule has 1 aromatic heterocycles. The number of carbonyl (C=O) groups is 1. The Bertz CT molecular complexity index is 876. The number of nitrogens with one attached hydrogen (secondary N) is 2. The highest BCUT2D eigenvalue weighted by Crippen LogP contribution is 2.55. The van der Waals surface area contributed by atoms with Crippen molar-refractivity contribution >= 4 is 16.9 Å². The van der Waals surface area contributed by atoms with E-state index in [0.29, 0.717) is 11.8 Å². The molecule has 5 atom stereocenters. The van der Waals surface area contributed by atoms with Crippen LogP contribution < -0.4 is 5.32 Å². The highest BCUT2D eigenvalue weighted by atomic mass is 16.5. The SMILES string of the molecule is CNCC[C@H]1CC2CN3CCc4c([nH]c5ccccc45)[C@](C(=O)OC)(C2)[C@H]13. The second kappa shape index (κ2) is 6.35. The number of esters is 1. The summed E-state index contributed by atoms with van der Waals surface area (Å²) in [5, 5.41) is 4.58. The van der Waals surface area contributed by atoms with E-state index in [4.69, 9.17) is 4.74 Å². The Balaban J connectivity index is 1.72. The second-order valence-corrected chi connectivity index (χ2v) is 8.64. The lowest BCUT2D eigenvalue weighted by molar-refractivity contribution is -0.162. The van der Waals surface area contributed by atoms with Crippen molar-refractivity contribution in [2.75, 3.05) is 33.8 Å². The first kappa shape index (κ1) is 17.3. The van der Waals surface area contributed by atoms with Crippen molar-refractivity contribution in [2.45, 2.75) is 37.1 Å². The van der Waals surface area contributed by atoms with E-state index in [2.05, 4.69) is 39.5 Å². The number of para-hydroxylation sites is 1. The smallest absolute Gasteiger partial charge is 0.319 e. The Labute approximate surface area is 160 Å². The van der Waals surface area contributed by atoms with Crippen LogP contribution in [0.15, 0.2) is 24.3 Å². The summed E-state index contributed by atoms with van der Waals surface area (Å²) in [5.74, 6) is 1.04. The highest BCUT2D eigenvalue weighted by Gasteiger charge is 2.62. The van der Waals surface area contributed by atoms with Crippen molar-refractivity contribution in [3.8, 4) is 0 Å². The normalized spacial score (nSPS) is 34.3. The molecule has 1 aromatic carbocycles. The maximum Gasteiger partial charge on any atom is 0.319 e. The van der Waals surface area contributed by atoms with Gasteiger partial charge in [0.1, 0.15) is 5.41 Å². The summed E-state index contributed by atoms with van der Waals surface area (Å²) in [6, 6.07) is 8.72. The van der Waals surface area contributed by atoms with Gasteiger partial charge in [-0.1, -0.05) is 18.2 Å². The van der Waals surface area contributed by atoms with Crippen LogP contribution in [-0.4, -0.2) is 55.7 Å². The molecule has 27 heavy (non-hydrogen) atoms. The van der Waals surface area contributed by atoms with E-state index in [1.165, 1.54) is 17.4 Å². The number of H-pyrrole nitrogens is 1. The molecule has 0 amide bonds. The van der Waals surface area contributed by atoms with E-state index in [1.807, 2.05) is 7.05 Å². The zero-order chi connectivity index (χ0) is 18.6. The van der Waals surface area contributed by atoms with Gasteiger partial charge in [0.15, 0.2) is 0 Å². The number of nitrogens with zero attached hydrogens (tertiary/aromatic N) is 1. The molecule has 4 aliphatic rings. The molecule has 2 N–H and O–H groups in total. The van der Waals surface area contributed by atoms with Crippen LogP contribution >= 0.6 is 0 Å². The minimum absolute atomic E-state index is 0.0499. The largest absolute Gasteiger partial charge is 0.468 e. The van der Waals surface area contributed by atoms with E-state index < -0.39 is 5.41 Å². The van der Waals surface area contributed by atoms with Gasteiger partial charge in [0.25, 0.3) is 0 Å². The van der Waals surface area contributed by atoms with Crippen LogP contribution in [0.1, 0.15) is 30.5 Å². The van der Waals surface area contributed by atoms with Gasteiger partial charge >= 0.3 is 5.97 Å². The summed E-state index contributed by atoms with van der Waals surface area (Å²) >= 11 is 0. The Kier molecular flexibility index (Phi) is 4.06. The fourth-order valence-electron chi connectivity index (χ4n) is 6.48. The quantitative estimate of drug-likeness (QED) is 0.815. The van der Waals surface area contributed by atoms with Crippen LogP contribution in [0.2, 0.25) is 0 Å². The molecular formula is C22H29N3O2. The third-order valence-corrected chi connectivity index (χ3v) is 7.31. The van der Waals surface area contributed by atoms with Gasteiger partial charge in [0.05, 0.1) is 7.11 Å². The number of aromatic nitrogens is 1. The van der Waals surface area contributed by atoms with E-state index in [-0.39, 0.29) is 12.0 Å². The first-order valence-electron chi connectivity index (χ1n) is 10.3. The summed E-state index contributed by atoms with van der Waals surface area (Å²) < 4.78 is 5.48. The number of fused-ring (bicyclic) bond motifs is 4. The Morgan fingerprint density at radius 1 is 1.41 bits per heavy atom. The summed E-state index contributed by atoms with van der Waals surface area (Å²) in [6.45, 7) is 3.16. The number of hydrogen-bond donors (Lipinski definition) is 2. The van der Waals surface area contributed by atoms with Crippen LogP contribution in [0, 0.1) is 11.8 Å². The molecule has 2 saturated heterocycles. The molecule has 4 bridgehead atoms. The number of benzene rings is 1. The number of aromatic amines is 1. The van der Waals surface area contributed by atoms with Crippen molar-refractivity contribution < 1.29 is 9.53 Å². The zero-order valence-electron chi connectivity index (χ0n) is 16.3. The predicted molar refractivity (Wildman–Crippen MR) is 106 cm³/mol. The number of methoxy groups -OCH3 is 1. The number of piperidine rings is 2. The van der Waals surface area contributed by atoms with Crippen molar-refractivity contribution in [1.82, 2.24) is 15.2 Å². The van der Waals surface area contributed by atoms with E-state index in [0.717, 1.165) is 50.1 Å². The van der Waals surface area contributed by atoms with E-state index >= 15 is 0 Å². The molecule has 2 unspecified atom stereocenters. The van der Waals surface area contributed by atoms with Crippen molar-refractivity contribution in [1.29, 1.82) is 0 Å². The standard InChI is InChI=1S/C22H29N3O2/c1-23-9-7-15-11-14-12-22(21(26)27-2)19-17(8-10-25(13-14)20(15)22)16-5-3-4-6-18(16)24-19/h3-6,14-15,20,23-24H,7-13H2,1-2H3/t14?,15-,20-,22+/m0/s1. The highest BCUT2D eigenvalue weighted by molar-refractivity contribution is 5.91. The lowest BCUT2D eigenvalue weighted by atomic mass is 9.56. The second-order valence-electron chi connectivity index (χ2n) is 8.64. The lowest BCUT2D eigenvalue weighted by Crippen LogP contribution is -2.67. The monoisotopic (exact) mass is 367 g/mol. The number of hydrogen-bond acceptors (Lipinski definition) is 4. The Morgan fingerprint density at radius 3 is 3.07 bits per heavy atom. The molecule has 1 saturated carbocycles. The van der Waals surface area contributed by atoms with E-state index in [9.17, 15) is 4.79 Å². The van der Waals surface area contributed by atoms with Gasteiger partial charge < -0.3 is 15.0 Å². The van der Waals surface area contributed by atoms with Crippen molar-refractivity contribution in [3.05, 3.63) is 35.5 Å². The molecule has 2 aromatic rings. The topological polar surface area (TPSA) is 57.4 Å². The van der Waals surface area contributed by atoms with Crippen LogP contribution in [0.5, 0.6) is 0 Å². The maximum absolute atomic E-state index is 13.4. The van der Waals surface area contributed by atoms with E-state index in [1.54, 1.807) is 7.11 Å². The molecule has 6 rings (SSSR count). The molecule has 144 valence electrons. The van der Waals surface area contributed by atoms with Gasteiger partial charge in [-0.25, -0.2) is 0 Å². The van der Waals surface area contributed by atoms with Crippen molar-refractivity contribution in [3.63, 3.8) is 0 Å². The van der Waals surface area contributed by atoms with Gasteiger partial charge in [-0.15, -0.1) is 0 Å². The van der Waals surface area contributed by atoms with Gasteiger partial charge in [-0.2, -0.15) is 0 Å². The minimum Gasteiger partial charge on any atom is -0.468 e. The fourth-order valence-corrected chi connectivity index (χ4v) is 6.48. The first-order chi connectivity index (χ1) is 13.2. The number of rotatable bonds is 4.